The van der Waals surface area contributed by atoms with Gasteiger partial charge in [0.1, 0.15) is 0 Å². The van der Waals surface area contributed by atoms with Crippen molar-refractivity contribution in [1.29, 1.82) is 0 Å². The third-order valence-electron chi connectivity index (χ3n) is 4.80. The number of rotatable bonds is 3. The van der Waals surface area contributed by atoms with Gasteiger partial charge in [0.25, 0.3) is 0 Å². The lowest BCUT2D eigenvalue weighted by atomic mass is 9.79. The van der Waals surface area contributed by atoms with Crippen molar-refractivity contribution in [3.05, 3.63) is 29.1 Å². The quantitative estimate of drug-likeness (QED) is 0.664. The predicted molar refractivity (Wildman–Crippen MR) is 87.1 cm³/mol. The maximum absolute atomic E-state index is 6.13. The molecule has 3 N–H and O–H groups in total. The number of aromatic nitrogens is 1. The van der Waals surface area contributed by atoms with Gasteiger partial charge in [-0.05, 0) is 55.9 Å². The molecule has 2 aliphatic rings. The lowest BCUT2D eigenvalue weighted by molar-refractivity contribution is -0.0856. The highest BCUT2D eigenvalue weighted by molar-refractivity contribution is 7.99. The fraction of sp³-hybridized carbons (Fsp3) is 0.688. The number of hydrogen-bond acceptors (Lipinski definition) is 5. The van der Waals surface area contributed by atoms with Crippen LogP contribution in [0.15, 0.2) is 12.3 Å². The number of ether oxygens (including phenoxy) is 1. The average molecular weight is 307 g/mol. The Balaban J connectivity index is 1.82. The van der Waals surface area contributed by atoms with Gasteiger partial charge in [-0.3, -0.25) is 16.3 Å². The molecule has 1 aromatic rings. The molecule has 2 fully saturated rings. The van der Waals surface area contributed by atoms with Gasteiger partial charge in [0.2, 0.25) is 0 Å². The van der Waals surface area contributed by atoms with Crippen LogP contribution in [-0.2, 0) is 4.74 Å². The fourth-order valence-corrected chi connectivity index (χ4v) is 5.08. The van der Waals surface area contributed by atoms with Crippen LogP contribution in [0.25, 0.3) is 0 Å². The third-order valence-corrected chi connectivity index (χ3v) is 6.02. The monoisotopic (exact) mass is 307 g/mol. The van der Waals surface area contributed by atoms with Crippen LogP contribution in [0.1, 0.15) is 42.1 Å². The van der Waals surface area contributed by atoms with Crippen LogP contribution < -0.4 is 11.3 Å². The summed E-state index contributed by atoms with van der Waals surface area (Å²) >= 11 is 2.01. The molecule has 5 heteroatoms. The van der Waals surface area contributed by atoms with Crippen LogP contribution in [-0.4, -0.2) is 28.7 Å². The number of nitrogens with two attached hydrogens (primary N) is 1. The maximum atomic E-state index is 6.13. The molecule has 0 radical (unpaired) electrons. The van der Waals surface area contributed by atoms with Crippen LogP contribution in [0.5, 0.6) is 0 Å². The van der Waals surface area contributed by atoms with Crippen molar-refractivity contribution >= 4 is 11.8 Å². The topological polar surface area (TPSA) is 60.2 Å². The van der Waals surface area contributed by atoms with Gasteiger partial charge in [-0.25, -0.2) is 0 Å². The first kappa shape index (κ1) is 15.3. The predicted octanol–water partition coefficient (Wildman–Crippen LogP) is 2.51. The van der Waals surface area contributed by atoms with Gasteiger partial charge >= 0.3 is 0 Å². The van der Waals surface area contributed by atoms with Crippen molar-refractivity contribution in [3.63, 3.8) is 0 Å². The molecule has 0 aliphatic carbocycles. The highest BCUT2D eigenvalue weighted by Gasteiger charge is 2.43. The third kappa shape index (κ3) is 3.11. The number of thioether (sulfide) groups is 1. The molecule has 0 saturated carbocycles. The first-order valence-corrected chi connectivity index (χ1v) is 8.90. The van der Waals surface area contributed by atoms with Gasteiger partial charge in [0, 0.05) is 18.6 Å². The lowest BCUT2D eigenvalue weighted by Crippen LogP contribution is -2.45. The second-order valence-corrected chi connectivity index (χ2v) is 7.55. The Morgan fingerprint density at radius 1 is 1.52 bits per heavy atom. The number of hydrogen-bond donors (Lipinski definition) is 2. The Bertz CT molecular complexity index is 502. The van der Waals surface area contributed by atoms with Crippen LogP contribution in [0.4, 0.5) is 0 Å². The smallest absolute Gasteiger partial charge is 0.0783 e. The van der Waals surface area contributed by atoms with E-state index in [1.54, 1.807) is 0 Å². The van der Waals surface area contributed by atoms with E-state index in [0.717, 1.165) is 30.9 Å². The SMILES string of the molecule is Cc1cnc(C(NN)C2CCOC3(CCSC3)C2)c(C)c1. The Kier molecular flexibility index (Phi) is 4.54. The molecule has 1 aromatic heterocycles. The molecule has 116 valence electrons. The maximum Gasteiger partial charge on any atom is 0.0783 e. The minimum atomic E-state index is 0.0846. The second-order valence-electron chi connectivity index (χ2n) is 6.45. The molecule has 0 amide bonds. The van der Waals surface area contributed by atoms with Gasteiger partial charge in [-0.2, -0.15) is 11.8 Å². The highest BCUT2D eigenvalue weighted by atomic mass is 32.2. The first-order valence-electron chi connectivity index (χ1n) is 7.74. The van der Waals surface area contributed by atoms with Gasteiger partial charge in [-0.15, -0.1) is 0 Å². The van der Waals surface area contributed by atoms with Crippen LogP contribution in [0.3, 0.4) is 0 Å². The number of aryl methyl sites for hydroxylation is 2. The van der Waals surface area contributed by atoms with Gasteiger partial charge in [0.05, 0.1) is 17.3 Å². The average Bonchev–Trinajstić information content (AvgIpc) is 2.90. The Labute approximate surface area is 131 Å². The molecule has 1 spiro atoms. The van der Waals surface area contributed by atoms with E-state index in [1.165, 1.54) is 23.3 Å². The summed E-state index contributed by atoms with van der Waals surface area (Å²) in [7, 11) is 0. The van der Waals surface area contributed by atoms with E-state index in [-0.39, 0.29) is 11.6 Å². The molecule has 3 rings (SSSR count). The molecule has 3 unspecified atom stereocenters. The molecular weight excluding hydrogens is 282 g/mol. The van der Waals surface area contributed by atoms with Gasteiger partial charge in [0.15, 0.2) is 0 Å². The largest absolute Gasteiger partial charge is 0.374 e. The summed E-state index contributed by atoms with van der Waals surface area (Å²) in [4.78, 5) is 4.65. The van der Waals surface area contributed by atoms with E-state index in [2.05, 4.69) is 30.3 Å². The zero-order valence-corrected chi connectivity index (χ0v) is 13.7. The molecule has 3 heterocycles. The second kappa shape index (κ2) is 6.24. The highest BCUT2D eigenvalue weighted by Crippen LogP contribution is 2.43. The molecule has 2 aliphatic heterocycles. The molecule has 0 bridgehead atoms. The normalized spacial score (nSPS) is 30.7. The first-order chi connectivity index (χ1) is 10.1. The number of hydrazine groups is 1. The summed E-state index contributed by atoms with van der Waals surface area (Å²) in [6.45, 7) is 5.04. The van der Waals surface area contributed by atoms with Crippen molar-refractivity contribution in [3.8, 4) is 0 Å². The fourth-order valence-electron chi connectivity index (χ4n) is 3.70. The summed E-state index contributed by atoms with van der Waals surface area (Å²) < 4.78 is 6.13. The Morgan fingerprint density at radius 3 is 3.05 bits per heavy atom. The van der Waals surface area contributed by atoms with Crippen molar-refractivity contribution in [2.45, 2.75) is 44.8 Å². The summed E-state index contributed by atoms with van der Waals surface area (Å²) in [5.41, 5.74) is 6.63. The summed E-state index contributed by atoms with van der Waals surface area (Å²) in [6.07, 6.45) is 5.25. The molecule has 2 saturated heterocycles. The molecular formula is C16H25N3OS. The Morgan fingerprint density at radius 2 is 2.38 bits per heavy atom. The molecule has 0 aromatic carbocycles. The van der Waals surface area contributed by atoms with E-state index in [4.69, 9.17) is 10.6 Å². The zero-order valence-electron chi connectivity index (χ0n) is 12.9. The van der Waals surface area contributed by atoms with E-state index >= 15 is 0 Å². The van der Waals surface area contributed by atoms with E-state index in [9.17, 15) is 0 Å². The zero-order chi connectivity index (χ0) is 14.9. The molecule has 21 heavy (non-hydrogen) atoms. The van der Waals surface area contributed by atoms with Crippen molar-refractivity contribution < 1.29 is 4.74 Å². The van der Waals surface area contributed by atoms with Crippen LogP contribution in [0, 0.1) is 19.8 Å². The molecule has 4 nitrogen and oxygen atoms in total. The summed E-state index contributed by atoms with van der Waals surface area (Å²) in [6, 6.07) is 2.31. The van der Waals surface area contributed by atoms with E-state index in [0.29, 0.717) is 5.92 Å². The van der Waals surface area contributed by atoms with Crippen molar-refractivity contribution in [2.24, 2.45) is 11.8 Å². The Hall–Kier alpha value is -0.620. The minimum Gasteiger partial charge on any atom is -0.374 e. The van der Waals surface area contributed by atoms with Crippen molar-refractivity contribution in [1.82, 2.24) is 10.4 Å². The van der Waals surface area contributed by atoms with E-state index < -0.39 is 0 Å². The van der Waals surface area contributed by atoms with Gasteiger partial charge < -0.3 is 4.74 Å². The number of nitrogens with one attached hydrogen (secondary N) is 1. The standard InChI is InChI=1S/C16H25N3OS/c1-11-7-12(2)14(18-9-11)15(19-17)13-3-5-20-16(8-13)4-6-21-10-16/h7,9,13,15,19H,3-6,8,10,17H2,1-2H3. The van der Waals surface area contributed by atoms with Gasteiger partial charge in [-0.1, -0.05) is 6.07 Å². The van der Waals surface area contributed by atoms with Crippen LogP contribution >= 0.6 is 11.8 Å². The lowest BCUT2D eigenvalue weighted by Gasteiger charge is -2.40. The minimum absolute atomic E-state index is 0.0846. The van der Waals surface area contributed by atoms with Crippen molar-refractivity contribution in [2.75, 3.05) is 18.1 Å². The molecule has 3 atom stereocenters. The number of pyridine rings is 1. The summed E-state index contributed by atoms with van der Waals surface area (Å²) in [5.74, 6) is 8.73. The van der Waals surface area contributed by atoms with E-state index in [1.807, 2.05) is 18.0 Å². The van der Waals surface area contributed by atoms with Crippen LogP contribution in [0.2, 0.25) is 0 Å². The summed E-state index contributed by atoms with van der Waals surface area (Å²) in [5, 5.41) is 0. The number of nitrogens with zero attached hydrogens (tertiary/aromatic N) is 1.